The summed E-state index contributed by atoms with van der Waals surface area (Å²) in [6.45, 7) is 1.10. The summed E-state index contributed by atoms with van der Waals surface area (Å²) in [6, 6.07) is 21.1. The first-order chi connectivity index (χ1) is 9.31. The van der Waals surface area contributed by atoms with Gasteiger partial charge in [-0.25, -0.2) is 0 Å². The molecule has 2 nitrogen and oxygen atoms in total. The summed E-state index contributed by atoms with van der Waals surface area (Å²) in [6.07, 6.45) is 0.757. The lowest BCUT2D eigenvalue weighted by Gasteiger charge is -2.28. The molecule has 0 saturated heterocycles. The van der Waals surface area contributed by atoms with E-state index in [1.54, 1.807) is 0 Å². The number of hydrogen-bond acceptors (Lipinski definition) is 2. The fourth-order valence-corrected chi connectivity index (χ4v) is 2.42. The molecule has 2 aromatic carbocycles. The van der Waals surface area contributed by atoms with Gasteiger partial charge in [-0.2, -0.15) is 0 Å². The van der Waals surface area contributed by atoms with Crippen LogP contribution in [-0.4, -0.2) is 23.7 Å². The maximum atomic E-state index is 9.29. The van der Waals surface area contributed by atoms with Gasteiger partial charge in [-0.15, -0.1) is 0 Å². The molecule has 0 aliphatic rings. The van der Waals surface area contributed by atoms with Crippen molar-refractivity contribution in [2.45, 2.75) is 19.0 Å². The van der Waals surface area contributed by atoms with Gasteiger partial charge in [0.15, 0.2) is 0 Å². The molecule has 2 rings (SSSR count). The van der Waals surface area contributed by atoms with E-state index in [1.807, 2.05) is 12.1 Å². The van der Waals surface area contributed by atoms with Gasteiger partial charge in [0, 0.05) is 19.2 Å². The SMILES string of the molecule is CN(Cc1ccccc1)C(CCO)c1ccccc1. The van der Waals surface area contributed by atoms with Crippen molar-refractivity contribution in [3.63, 3.8) is 0 Å². The van der Waals surface area contributed by atoms with Crippen molar-refractivity contribution < 1.29 is 5.11 Å². The van der Waals surface area contributed by atoms with Gasteiger partial charge in [-0.05, 0) is 24.6 Å². The zero-order chi connectivity index (χ0) is 13.5. The summed E-state index contributed by atoms with van der Waals surface area (Å²) < 4.78 is 0. The van der Waals surface area contributed by atoms with Crippen LogP contribution in [0.5, 0.6) is 0 Å². The molecular weight excluding hydrogens is 234 g/mol. The Hall–Kier alpha value is -1.64. The maximum Gasteiger partial charge on any atom is 0.0449 e. The van der Waals surface area contributed by atoms with Gasteiger partial charge in [0.2, 0.25) is 0 Å². The van der Waals surface area contributed by atoms with E-state index in [0.717, 1.165) is 13.0 Å². The van der Waals surface area contributed by atoms with E-state index >= 15 is 0 Å². The first-order valence-corrected chi connectivity index (χ1v) is 6.71. The van der Waals surface area contributed by atoms with Gasteiger partial charge < -0.3 is 5.11 Å². The average Bonchev–Trinajstić information content (AvgIpc) is 2.46. The lowest BCUT2D eigenvalue weighted by Crippen LogP contribution is -2.25. The number of nitrogens with zero attached hydrogens (tertiary/aromatic N) is 1. The standard InChI is InChI=1S/C17H21NO/c1-18(14-15-8-4-2-5-9-15)17(12-13-19)16-10-6-3-7-11-16/h2-11,17,19H,12-14H2,1H3. The Morgan fingerprint density at radius 1 is 0.947 bits per heavy atom. The van der Waals surface area contributed by atoms with Gasteiger partial charge in [-0.3, -0.25) is 4.90 Å². The van der Waals surface area contributed by atoms with E-state index in [2.05, 4.69) is 60.5 Å². The Kier molecular flexibility index (Phi) is 5.13. The van der Waals surface area contributed by atoms with Crippen molar-refractivity contribution in [3.05, 3.63) is 71.8 Å². The van der Waals surface area contributed by atoms with E-state index in [4.69, 9.17) is 0 Å². The number of aliphatic hydroxyl groups is 1. The van der Waals surface area contributed by atoms with Gasteiger partial charge in [0.1, 0.15) is 0 Å². The van der Waals surface area contributed by atoms with E-state index in [0.29, 0.717) is 0 Å². The van der Waals surface area contributed by atoms with Crippen LogP contribution in [0.2, 0.25) is 0 Å². The van der Waals surface area contributed by atoms with Crippen LogP contribution < -0.4 is 0 Å². The number of benzene rings is 2. The molecule has 19 heavy (non-hydrogen) atoms. The summed E-state index contributed by atoms with van der Waals surface area (Å²) in [5.74, 6) is 0. The van der Waals surface area contributed by atoms with Crippen LogP contribution >= 0.6 is 0 Å². The van der Waals surface area contributed by atoms with Crippen LogP contribution in [0.1, 0.15) is 23.6 Å². The monoisotopic (exact) mass is 255 g/mol. The van der Waals surface area contributed by atoms with Crippen molar-refractivity contribution >= 4 is 0 Å². The van der Waals surface area contributed by atoms with E-state index in [9.17, 15) is 5.11 Å². The fourth-order valence-electron chi connectivity index (χ4n) is 2.42. The van der Waals surface area contributed by atoms with E-state index in [-0.39, 0.29) is 12.6 Å². The van der Waals surface area contributed by atoms with Crippen LogP contribution in [0.15, 0.2) is 60.7 Å². The Labute approximate surface area is 115 Å². The summed E-state index contributed by atoms with van der Waals surface area (Å²) >= 11 is 0. The van der Waals surface area contributed by atoms with Gasteiger partial charge in [0.25, 0.3) is 0 Å². The second-order valence-electron chi connectivity index (χ2n) is 4.84. The van der Waals surface area contributed by atoms with Crippen molar-refractivity contribution in [2.75, 3.05) is 13.7 Å². The fraction of sp³-hybridized carbons (Fsp3) is 0.294. The molecule has 2 aromatic rings. The molecule has 0 bridgehead atoms. The molecule has 1 N–H and O–H groups in total. The molecule has 2 heteroatoms. The predicted octanol–water partition coefficient (Wildman–Crippen LogP) is 3.24. The second kappa shape index (κ2) is 7.07. The normalized spacial score (nSPS) is 12.6. The highest BCUT2D eigenvalue weighted by atomic mass is 16.3. The topological polar surface area (TPSA) is 23.5 Å². The van der Waals surface area contributed by atoms with Crippen LogP contribution in [-0.2, 0) is 6.54 Å². The minimum atomic E-state index is 0.207. The number of rotatable bonds is 6. The number of aliphatic hydroxyl groups excluding tert-OH is 1. The zero-order valence-electron chi connectivity index (χ0n) is 11.4. The molecule has 0 spiro atoms. The predicted molar refractivity (Wildman–Crippen MR) is 78.8 cm³/mol. The molecule has 0 aromatic heterocycles. The minimum Gasteiger partial charge on any atom is -0.396 e. The first-order valence-electron chi connectivity index (χ1n) is 6.71. The van der Waals surface area contributed by atoms with Gasteiger partial charge in [0.05, 0.1) is 0 Å². The largest absolute Gasteiger partial charge is 0.396 e. The van der Waals surface area contributed by atoms with Crippen molar-refractivity contribution in [3.8, 4) is 0 Å². The maximum absolute atomic E-state index is 9.29. The highest BCUT2D eigenvalue weighted by Gasteiger charge is 2.16. The summed E-state index contributed by atoms with van der Waals surface area (Å²) in [5.41, 5.74) is 2.55. The zero-order valence-corrected chi connectivity index (χ0v) is 11.4. The first kappa shape index (κ1) is 13.8. The van der Waals surface area contributed by atoms with Gasteiger partial charge >= 0.3 is 0 Å². The van der Waals surface area contributed by atoms with Crippen LogP contribution in [0.4, 0.5) is 0 Å². The molecule has 0 heterocycles. The lowest BCUT2D eigenvalue weighted by molar-refractivity contribution is 0.180. The third-order valence-corrected chi connectivity index (χ3v) is 3.39. The molecule has 0 aliphatic heterocycles. The third kappa shape index (κ3) is 3.91. The molecule has 0 radical (unpaired) electrons. The second-order valence-corrected chi connectivity index (χ2v) is 4.84. The molecule has 1 atom stereocenters. The summed E-state index contributed by atoms with van der Waals surface area (Å²) in [7, 11) is 2.11. The van der Waals surface area contributed by atoms with Crippen LogP contribution in [0, 0.1) is 0 Å². The molecular formula is C17H21NO. The minimum absolute atomic E-state index is 0.207. The summed E-state index contributed by atoms with van der Waals surface area (Å²) in [4.78, 5) is 2.29. The number of hydrogen-bond donors (Lipinski definition) is 1. The van der Waals surface area contributed by atoms with E-state index in [1.165, 1.54) is 11.1 Å². The molecule has 0 aliphatic carbocycles. The molecule has 100 valence electrons. The van der Waals surface area contributed by atoms with E-state index < -0.39 is 0 Å². The third-order valence-electron chi connectivity index (χ3n) is 3.39. The molecule has 0 fully saturated rings. The van der Waals surface area contributed by atoms with Crippen molar-refractivity contribution in [1.29, 1.82) is 0 Å². The van der Waals surface area contributed by atoms with Crippen LogP contribution in [0.3, 0.4) is 0 Å². The molecule has 1 unspecified atom stereocenters. The highest BCUT2D eigenvalue weighted by molar-refractivity contribution is 5.20. The molecule has 0 amide bonds. The average molecular weight is 255 g/mol. The smallest absolute Gasteiger partial charge is 0.0449 e. The van der Waals surface area contributed by atoms with Crippen LogP contribution in [0.25, 0.3) is 0 Å². The highest BCUT2D eigenvalue weighted by Crippen LogP contribution is 2.24. The quantitative estimate of drug-likeness (QED) is 0.856. The lowest BCUT2D eigenvalue weighted by atomic mass is 10.0. The Bertz CT molecular complexity index is 469. The Morgan fingerprint density at radius 2 is 1.53 bits per heavy atom. The van der Waals surface area contributed by atoms with Crippen molar-refractivity contribution in [1.82, 2.24) is 4.90 Å². The van der Waals surface area contributed by atoms with Gasteiger partial charge in [-0.1, -0.05) is 60.7 Å². The summed E-state index contributed by atoms with van der Waals surface area (Å²) in [5, 5.41) is 9.29. The molecule has 0 saturated carbocycles. The van der Waals surface area contributed by atoms with Crippen molar-refractivity contribution in [2.24, 2.45) is 0 Å². The Balaban J connectivity index is 2.11. The Morgan fingerprint density at radius 3 is 2.11 bits per heavy atom.